The van der Waals surface area contributed by atoms with Crippen molar-refractivity contribution >= 4 is 11.9 Å². The summed E-state index contributed by atoms with van der Waals surface area (Å²) in [6.07, 6.45) is 4.77. The molecule has 1 N–H and O–H groups in total. The molecule has 0 amide bonds. The van der Waals surface area contributed by atoms with Crippen molar-refractivity contribution in [3.05, 3.63) is 29.8 Å². The number of unbranched alkanes of at least 4 members (excludes halogenated alkanes) is 2. The van der Waals surface area contributed by atoms with Crippen molar-refractivity contribution in [2.75, 3.05) is 13.7 Å². The number of hydrogen-bond donors (Lipinski definition) is 1. The molecule has 0 atom stereocenters. The molecule has 1 aromatic rings. The van der Waals surface area contributed by atoms with Gasteiger partial charge in [0, 0.05) is 6.42 Å². The fourth-order valence-electron chi connectivity index (χ4n) is 1.57. The van der Waals surface area contributed by atoms with Gasteiger partial charge in [-0.15, -0.1) is 0 Å². The predicted octanol–water partition coefficient (Wildman–Crippen LogP) is 3.70. The molecule has 0 aromatic heterocycles. The smallest absolute Gasteiger partial charge is 0.341 e. The van der Waals surface area contributed by atoms with Gasteiger partial charge in [-0.05, 0) is 25.0 Å². The third-order valence-electron chi connectivity index (χ3n) is 2.77. The zero-order chi connectivity index (χ0) is 16.8. The lowest BCUT2D eigenvalue weighted by Gasteiger charge is -2.01. The van der Waals surface area contributed by atoms with Gasteiger partial charge in [0.15, 0.2) is 0 Å². The molecule has 0 heterocycles. The first-order chi connectivity index (χ1) is 10.6. The number of phenolic OH excluding ortho intramolecular Hbond substituents is 1. The molecule has 0 bridgehead atoms. The number of ether oxygens (including phenoxy) is 2. The number of hydrogen-bond acceptors (Lipinski definition) is 5. The summed E-state index contributed by atoms with van der Waals surface area (Å²) in [6, 6.07) is 6.24. The summed E-state index contributed by atoms with van der Waals surface area (Å²) in [5.74, 6) is -0.633. The van der Waals surface area contributed by atoms with E-state index < -0.39 is 5.97 Å². The highest BCUT2D eigenvalue weighted by Gasteiger charge is 2.08. The molecule has 0 aliphatic heterocycles. The molecule has 0 spiro atoms. The van der Waals surface area contributed by atoms with E-state index in [-0.39, 0.29) is 17.3 Å². The Hall–Kier alpha value is -2.04. The second-order valence-electron chi connectivity index (χ2n) is 4.69. The summed E-state index contributed by atoms with van der Waals surface area (Å²) >= 11 is 0. The predicted molar refractivity (Wildman–Crippen MR) is 84.8 cm³/mol. The number of carbonyl (C=O) groups is 2. The number of phenols is 1. The third kappa shape index (κ3) is 9.00. The molecule has 0 fully saturated rings. The molecule has 124 valence electrons. The summed E-state index contributed by atoms with van der Waals surface area (Å²) in [6.45, 7) is 4.72. The lowest BCUT2D eigenvalue weighted by atomic mass is 10.2. The van der Waals surface area contributed by atoms with E-state index in [9.17, 15) is 9.59 Å². The number of benzene rings is 1. The molecule has 1 aromatic carbocycles. The van der Waals surface area contributed by atoms with E-state index in [1.54, 1.807) is 12.1 Å². The van der Waals surface area contributed by atoms with E-state index in [1.807, 2.05) is 6.92 Å². The van der Waals surface area contributed by atoms with E-state index >= 15 is 0 Å². The molecule has 5 nitrogen and oxygen atoms in total. The molecule has 0 aliphatic carbocycles. The van der Waals surface area contributed by atoms with Crippen molar-refractivity contribution in [3.8, 4) is 5.75 Å². The Morgan fingerprint density at radius 3 is 2.32 bits per heavy atom. The Labute approximate surface area is 132 Å². The first-order valence-electron chi connectivity index (χ1n) is 7.58. The Morgan fingerprint density at radius 2 is 1.77 bits per heavy atom. The van der Waals surface area contributed by atoms with Gasteiger partial charge in [-0.3, -0.25) is 4.79 Å². The van der Waals surface area contributed by atoms with E-state index in [2.05, 4.69) is 11.7 Å². The minimum atomic E-state index is -0.525. The number of aromatic hydroxyl groups is 1. The molecule has 0 aliphatic rings. The van der Waals surface area contributed by atoms with Gasteiger partial charge >= 0.3 is 11.9 Å². The van der Waals surface area contributed by atoms with Gasteiger partial charge < -0.3 is 14.6 Å². The molecule has 0 unspecified atom stereocenters. The van der Waals surface area contributed by atoms with Crippen LogP contribution >= 0.6 is 0 Å². The molecule has 5 heteroatoms. The maximum atomic E-state index is 10.9. The zero-order valence-electron chi connectivity index (χ0n) is 13.6. The van der Waals surface area contributed by atoms with Crippen molar-refractivity contribution in [1.82, 2.24) is 0 Å². The quantitative estimate of drug-likeness (QED) is 0.614. The second-order valence-corrected chi connectivity index (χ2v) is 4.69. The minimum Gasteiger partial charge on any atom is -0.507 e. The van der Waals surface area contributed by atoms with E-state index in [1.165, 1.54) is 25.7 Å². The fourth-order valence-corrected chi connectivity index (χ4v) is 1.57. The first kappa shape index (κ1) is 20.0. The average molecular weight is 310 g/mol. The summed E-state index contributed by atoms with van der Waals surface area (Å²) in [5.41, 5.74) is 0.190. The highest BCUT2D eigenvalue weighted by molar-refractivity contribution is 5.92. The maximum Gasteiger partial charge on any atom is 0.341 e. The number of methoxy groups -OCH3 is 1. The standard InChI is InChI=1S/C9H18O2.C8H8O3/c1-3-5-6-8-11-9(10)7-4-2;1-11-8(10)6-4-2-3-5-7(6)9/h3-8H2,1-2H3;2-5,9H,1H3. The lowest BCUT2D eigenvalue weighted by molar-refractivity contribution is -0.143. The number of para-hydroxylation sites is 1. The van der Waals surface area contributed by atoms with Gasteiger partial charge in [0.05, 0.1) is 13.7 Å². The van der Waals surface area contributed by atoms with Crippen LogP contribution in [0.2, 0.25) is 0 Å². The Bertz CT molecular complexity index is 442. The van der Waals surface area contributed by atoms with Crippen LogP contribution in [-0.4, -0.2) is 30.8 Å². The molecular weight excluding hydrogens is 284 g/mol. The number of rotatable bonds is 7. The van der Waals surface area contributed by atoms with Crippen LogP contribution in [0.5, 0.6) is 5.75 Å². The monoisotopic (exact) mass is 310 g/mol. The van der Waals surface area contributed by atoms with Crippen LogP contribution in [0.25, 0.3) is 0 Å². The summed E-state index contributed by atoms with van der Waals surface area (Å²) < 4.78 is 9.36. The zero-order valence-corrected chi connectivity index (χ0v) is 13.6. The van der Waals surface area contributed by atoms with Crippen LogP contribution in [0, 0.1) is 0 Å². The topological polar surface area (TPSA) is 72.8 Å². The number of carbonyl (C=O) groups excluding carboxylic acids is 2. The van der Waals surface area contributed by atoms with Gasteiger partial charge in [0.2, 0.25) is 0 Å². The Balaban J connectivity index is 0.000000401. The molecule has 1 rings (SSSR count). The maximum absolute atomic E-state index is 10.9. The van der Waals surface area contributed by atoms with Gasteiger partial charge in [-0.2, -0.15) is 0 Å². The second kappa shape index (κ2) is 12.7. The van der Waals surface area contributed by atoms with Crippen molar-refractivity contribution in [1.29, 1.82) is 0 Å². The molecular formula is C17H26O5. The largest absolute Gasteiger partial charge is 0.507 e. The molecule has 22 heavy (non-hydrogen) atoms. The highest BCUT2D eigenvalue weighted by Crippen LogP contribution is 2.15. The van der Waals surface area contributed by atoms with Crippen LogP contribution < -0.4 is 0 Å². The van der Waals surface area contributed by atoms with Gasteiger partial charge in [-0.25, -0.2) is 4.79 Å². The summed E-state index contributed by atoms with van der Waals surface area (Å²) in [7, 11) is 1.27. The summed E-state index contributed by atoms with van der Waals surface area (Å²) in [5, 5.41) is 9.11. The Morgan fingerprint density at radius 1 is 1.09 bits per heavy atom. The van der Waals surface area contributed by atoms with Gasteiger partial charge in [0.25, 0.3) is 0 Å². The van der Waals surface area contributed by atoms with Crippen LogP contribution in [0.1, 0.15) is 56.3 Å². The van der Waals surface area contributed by atoms with E-state index in [0.717, 1.165) is 19.3 Å². The van der Waals surface area contributed by atoms with E-state index in [0.29, 0.717) is 13.0 Å². The van der Waals surface area contributed by atoms with Gasteiger partial charge in [0.1, 0.15) is 11.3 Å². The lowest BCUT2D eigenvalue weighted by Crippen LogP contribution is -2.04. The average Bonchev–Trinajstić information content (AvgIpc) is 2.52. The van der Waals surface area contributed by atoms with Crippen molar-refractivity contribution in [2.24, 2.45) is 0 Å². The fraction of sp³-hybridized carbons (Fsp3) is 0.529. The van der Waals surface area contributed by atoms with Gasteiger partial charge in [-0.1, -0.05) is 38.8 Å². The van der Waals surface area contributed by atoms with Crippen LogP contribution in [0.4, 0.5) is 0 Å². The SMILES string of the molecule is CCCCCOC(=O)CCC.COC(=O)c1ccccc1O. The van der Waals surface area contributed by atoms with Crippen LogP contribution in [0.15, 0.2) is 24.3 Å². The van der Waals surface area contributed by atoms with Crippen LogP contribution in [-0.2, 0) is 14.3 Å². The van der Waals surface area contributed by atoms with Crippen molar-refractivity contribution in [2.45, 2.75) is 46.0 Å². The third-order valence-corrected chi connectivity index (χ3v) is 2.77. The normalized spacial score (nSPS) is 9.41. The molecule has 0 radical (unpaired) electrons. The van der Waals surface area contributed by atoms with E-state index in [4.69, 9.17) is 9.84 Å². The first-order valence-corrected chi connectivity index (χ1v) is 7.58. The number of esters is 2. The van der Waals surface area contributed by atoms with Crippen LogP contribution in [0.3, 0.4) is 0 Å². The highest BCUT2D eigenvalue weighted by atomic mass is 16.5. The molecule has 0 saturated carbocycles. The Kier molecular flexibility index (Phi) is 11.5. The molecule has 0 saturated heterocycles. The minimum absolute atomic E-state index is 0.0522. The summed E-state index contributed by atoms with van der Waals surface area (Å²) in [4.78, 5) is 21.6. The van der Waals surface area contributed by atoms with Crippen molar-refractivity contribution in [3.63, 3.8) is 0 Å². The van der Waals surface area contributed by atoms with Crippen molar-refractivity contribution < 1.29 is 24.2 Å².